The number of aromatic hydroxyl groups is 1. The number of ketones is 1. The number of rotatable bonds is 5. The van der Waals surface area contributed by atoms with Crippen molar-refractivity contribution in [2.24, 2.45) is 0 Å². The zero-order chi connectivity index (χ0) is 27.3. The Labute approximate surface area is 316 Å². The van der Waals surface area contributed by atoms with E-state index in [2.05, 4.69) is 63.7 Å². The summed E-state index contributed by atoms with van der Waals surface area (Å²) in [6.07, 6.45) is 2.57. The summed E-state index contributed by atoms with van der Waals surface area (Å²) in [4.78, 5) is 22.2. The predicted molar refractivity (Wildman–Crippen MR) is 153 cm³/mol. The summed E-state index contributed by atoms with van der Waals surface area (Å²) < 4.78 is 70.8. The van der Waals surface area contributed by atoms with E-state index in [1.54, 1.807) is 0 Å². The molecule has 2 aromatic carbocycles. The first kappa shape index (κ1) is 49.1. The molecule has 0 aromatic heterocycles. The SMILES string of the molecule is O.O.O.O.O=C1C=C/C(=C(\c2ccc(O)c(S(=O)(=O)[O-])c2)c2c(Br)c(Br)c(Br)c(Br)c2C(=O)O)C=C1S(=O)(=O)[O-].[Na+].[Na+]. The minimum Gasteiger partial charge on any atom is -0.744 e. The number of phenolic OH excluding ortho intramolecular Hbond substituents is 1. The van der Waals surface area contributed by atoms with Crippen molar-refractivity contribution in [3.63, 3.8) is 0 Å². The molecule has 0 bridgehead atoms. The molecule has 0 saturated heterocycles. The molecule has 14 nitrogen and oxygen atoms in total. The molecular formula is C20H16Br4Na2O14S2. The minimum absolute atomic E-state index is 0. The van der Waals surface area contributed by atoms with Crippen LogP contribution >= 0.6 is 63.7 Å². The number of carbonyl (C=O) groups is 2. The number of hydrogen-bond acceptors (Lipinski definition) is 9. The molecule has 0 heterocycles. The van der Waals surface area contributed by atoms with E-state index in [1.165, 1.54) is 0 Å². The molecule has 222 valence electrons. The summed E-state index contributed by atoms with van der Waals surface area (Å²) in [5.74, 6) is -3.49. The Morgan fingerprint density at radius 1 is 0.762 bits per heavy atom. The van der Waals surface area contributed by atoms with Crippen LogP contribution in [-0.4, -0.2) is 69.8 Å². The van der Waals surface area contributed by atoms with Crippen molar-refractivity contribution in [1.82, 2.24) is 0 Å². The van der Waals surface area contributed by atoms with Crippen molar-refractivity contribution in [3.8, 4) is 5.75 Å². The normalized spacial score (nSPS) is 13.4. The second kappa shape index (κ2) is 18.4. The molecular weight excluding hydrogens is 894 g/mol. The van der Waals surface area contributed by atoms with Gasteiger partial charge in [-0.05, 0) is 105 Å². The molecule has 0 fully saturated rings. The fourth-order valence-corrected chi connectivity index (χ4v) is 6.92. The van der Waals surface area contributed by atoms with E-state index in [0.717, 1.165) is 30.4 Å². The summed E-state index contributed by atoms with van der Waals surface area (Å²) in [5.41, 5.74) is -1.10. The van der Waals surface area contributed by atoms with Gasteiger partial charge in [0.25, 0.3) is 0 Å². The van der Waals surface area contributed by atoms with Crippen LogP contribution in [0.1, 0.15) is 21.5 Å². The maximum absolute atomic E-state index is 12.3. The van der Waals surface area contributed by atoms with Gasteiger partial charge in [-0.25, -0.2) is 21.6 Å². The fourth-order valence-electron chi connectivity index (χ4n) is 3.25. The van der Waals surface area contributed by atoms with Gasteiger partial charge in [0, 0.05) is 23.5 Å². The van der Waals surface area contributed by atoms with Gasteiger partial charge in [-0.2, -0.15) is 0 Å². The van der Waals surface area contributed by atoms with E-state index < -0.39 is 53.1 Å². The number of carbonyl (C=O) groups excluding carboxylic acids is 1. The van der Waals surface area contributed by atoms with E-state index >= 15 is 0 Å². The molecule has 42 heavy (non-hydrogen) atoms. The summed E-state index contributed by atoms with van der Waals surface area (Å²) >= 11 is 13.0. The van der Waals surface area contributed by atoms with Crippen LogP contribution in [0.25, 0.3) is 5.57 Å². The average molecular weight is 910 g/mol. The minimum atomic E-state index is -5.27. The van der Waals surface area contributed by atoms with Crippen molar-refractivity contribution in [2.75, 3.05) is 0 Å². The molecule has 0 aliphatic heterocycles. The van der Waals surface area contributed by atoms with Gasteiger partial charge in [0.1, 0.15) is 30.9 Å². The molecule has 10 N–H and O–H groups in total. The van der Waals surface area contributed by atoms with Gasteiger partial charge < -0.3 is 41.2 Å². The van der Waals surface area contributed by atoms with Gasteiger partial charge in [0.05, 0.1) is 10.5 Å². The zero-order valence-electron chi connectivity index (χ0n) is 21.0. The summed E-state index contributed by atoms with van der Waals surface area (Å²) in [7, 11) is -10.5. The number of halogens is 4. The molecule has 2 aromatic rings. The van der Waals surface area contributed by atoms with Crippen LogP contribution in [0, 0.1) is 0 Å². The van der Waals surface area contributed by atoms with Crippen LogP contribution in [0.5, 0.6) is 5.75 Å². The van der Waals surface area contributed by atoms with E-state index in [0.29, 0.717) is 6.08 Å². The Morgan fingerprint density at radius 2 is 1.24 bits per heavy atom. The van der Waals surface area contributed by atoms with E-state index in [-0.39, 0.29) is 121 Å². The number of aromatic carboxylic acids is 1. The Kier molecular flexibility index (Phi) is 21.4. The van der Waals surface area contributed by atoms with Gasteiger partial charge in [0.2, 0.25) is 0 Å². The average Bonchev–Trinajstić information content (AvgIpc) is 2.76. The van der Waals surface area contributed by atoms with Crippen LogP contribution in [0.2, 0.25) is 0 Å². The van der Waals surface area contributed by atoms with Crippen molar-refractivity contribution in [3.05, 3.63) is 81.5 Å². The molecule has 0 spiro atoms. The monoisotopic (exact) mass is 906 g/mol. The van der Waals surface area contributed by atoms with E-state index in [9.17, 15) is 45.7 Å². The molecule has 0 amide bonds. The smallest absolute Gasteiger partial charge is 0.744 e. The van der Waals surface area contributed by atoms with Crippen molar-refractivity contribution >= 4 is 101 Å². The zero-order valence-corrected chi connectivity index (χ0v) is 32.9. The molecule has 0 unspecified atom stereocenters. The van der Waals surface area contributed by atoms with Crippen LogP contribution in [0.15, 0.2) is 69.7 Å². The summed E-state index contributed by atoms with van der Waals surface area (Å²) in [5, 5.41) is 19.9. The van der Waals surface area contributed by atoms with E-state index in [4.69, 9.17) is 0 Å². The first-order valence-corrected chi connectivity index (χ1v) is 15.0. The summed E-state index contributed by atoms with van der Waals surface area (Å²) in [6, 6.07) is 2.76. The Balaban J connectivity index is -0.00000120. The first-order chi connectivity index (χ1) is 16.5. The third-order valence-corrected chi connectivity index (χ3v) is 11.2. The third-order valence-electron chi connectivity index (χ3n) is 4.75. The van der Waals surface area contributed by atoms with Gasteiger partial charge >= 0.3 is 65.1 Å². The van der Waals surface area contributed by atoms with Gasteiger partial charge in [-0.3, -0.25) is 4.79 Å². The molecule has 22 heteroatoms. The number of allylic oxidation sites excluding steroid dienone is 5. The quantitative estimate of drug-likeness (QED) is 0.125. The number of carboxylic acids is 1. The Bertz CT molecular complexity index is 1690. The topological polar surface area (TPSA) is 315 Å². The van der Waals surface area contributed by atoms with Crippen molar-refractivity contribution in [2.45, 2.75) is 4.90 Å². The number of benzene rings is 2. The maximum Gasteiger partial charge on any atom is 1.00 e. The maximum atomic E-state index is 12.3. The molecule has 1 aliphatic rings. The number of carboxylic acid groups (broad SMARTS) is 1. The second-order valence-electron chi connectivity index (χ2n) is 6.94. The van der Waals surface area contributed by atoms with Gasteiger partial charge in [-0.15, -0.1) is 0 Å². The Hall–Kier alpha value is 0.180. The fraction of sp³-hybridized carbons (Fsp3) is 0. The number of phenols is 1. The van der Waals surface area contributed by atoms with Gasteiger partial charge in [0.15, 0.2) is 5.78 Å². The molecule has 3 rings (SSSR count). The molecule has 0 saturated carbocycles. The van der Waals surface area contributed by atoms with Gasteiger partial charge in [-0.1, -0.05) is 12.1 Å². The van der Waals surface area contributed by atoms with E-state index in [1.807, 2.05) is 0 Å². The van der Waals surface area contributed by atoms with Crippen LogP contribution in [0.4, 0.5) is 0 Å². The van der Waals surface area contributed by atoms with Crippen LogP contribution in [-0.2, 0) is 25.0 Å². The van der Waals surface area contributed by atoms with Crippen molar-refractivity contribution < 1.29 is 127 Å². The summed E-state index contributed by atoms with van der Waals surface area (Å²) in [6.45, 7) is 0. The first-order valence-electron chi connectivity index (χ1n) is 9.00. The molecule has 1 aliphatic carbocycles. The molecule has 0 atom stereocenters. The standard InChI is InChI=1S/C20H10Br4O10S2.2Na.4H2O/c21-16-14(15(20(27)28)17(22)19(24)18(16)23)13(7-1-3-9(25)11(5-7)35(29,30)31)8-2-4-10(26)12(6-8)36(32,33)34;;;;;;/h1-6,25H,(H,27,28)(H,29,30,31)(H,32,33,34);;;4*1H2/q;2*+1;;;;/p-2/b13-8-;;;;;;. The Morgan fingerprint density at radius 3 is 1.67 bits per heavy atom. The molecule has 0 radical (unpaired) electrons. The second-order valence-corrected chi connectivity index (χ2v) is 12.8. The predicted octanol–water partition coefficient (Wildman–Crippen LogP) is -4.88. The van der Waals surface area contributed by atoms with Crippen LogP contribution in [0.3, 0.4) is 0 Å². The van der Waals surface area contributed by atoms with Crippen molar-refractivity contribution in [1.29, 1.82) is 0 Å². The largest absolute Gasteiger partial charge is 1.00 e. The number of hydrogen-bond donors (Lipinski definition) is 2. The van der Waals surface area contributed by atoms with Crippen LogP contribution < -0.4 is 59.1 Å². The third kappa shape index (κ3) is 10.1.